The van der Waals surface area contributed by atoms with Crippen LogP contribution in [0.15, 0.2) is 15.2 Å². The van der Waals surface area contributed by atoms with Crippen LogP contribution < -0.4 is 5.32 Å². The standard InChI is InChI=1S/C16H26BrNS/c1-3-9-18-16(14-10-15(17)19-11-14)13-7-5-12(4-2)6-8-13/h10-13,16,18H,3-9H2,1-2H3. The Balaban J connectivity index is 2.01. The van der Waals surface area contributed by atoms with Crippen LogP contribution in [0.4, 0.5) is 0 Å². The third-order valence-corrected chi connectivity index (χ3v) is 6.02. The molecule has 0 saturated heterocycles. The number of halogens is 1. The van der Waals surface area contributed by atoms with Gasteiger partial charge in [-0.05, 0) is 70.6 Å². The molecule has 19 heavy (non-hydrogen) atoms. The van der Waals surface area contributed by atoms with E-state index in [0.29, 0.717) is 6.04 Å². The van der Waals surface area contributed by atoms with Crippen LogP contribution in [0.1, 0.15) is 64.0 Å². The summed E-state index contributed by atoms with van der Waals surface area (Å²) in [6.07, 6.45) is 8.23. The first-order chi connectivity index (χ1) is 9.24. The van der Waals surface area contributed by atoms with E-state index in [0.717, 1.165) is 18.4 Å². The lowest BCUT2D eigenvalue weighted by Crippen LogP contribution is -2.31. The average molecular weight is 344 g/mol. The number of nitrogens with one attached hydrogen (secondary N) is 1. The molecule has 0 aliphatic heterocycles. The van der Waals surface area contributed by atoms with Crippen molar-refractivity contribution in [2.45, 2.75) is 58.4 Å². The van der Waals surface area contributed by atoms with Gasteiger partial charge in [-0.25, -0.2) is 0 Å². The second kappa shape index (κ2) is 7.80. The highest BCUT2D eigenvalue weighted by Gasteiger charge is 2.28. The Morgan fingerprint density at radius 1 is 1.32 bits per heavy atom. The van der Waals surface area contributed by atoms with Crippen molar-refractivity contribution in [3.63, 3.8) is 0 Å². The van der Waals surface area contributed by atoms with Crippen molar-refractivity contribution in [2.24, 2.45) is 11.8 Å². The molecule has 1 aromatic rings. The summed E-state index contributed by atoms with van der Waals surface area (Å²) >= 11 is 5.42. The van der Waals surface area contributed by atoms with Gasteiger partial charge < -0.3 is 5.32 Å². The molecule has 1 unspecified atom stereocenters. The summed E-state index contributed by atoms with van der Waals surface area (Å²) in [5.41, 5.74) is 1.49. The lowest BCUT2D eigenvalue weighted by atomic mass is 9.76. The van der Waals surface area contributed by atoms with E-state index in [2.05, 4.69) is 46.5 Å². The molecule has 1 heterocycles. The fourth-order valence-electron chi connectivity index (χ4n) is 3.27. The van der Waals surface area contributed by atoms with Crippen molar-refractivity contribution in [2.75, 3.05) is 6.54 Å². The number of hydrogen-bond acceptors (Lipinski definition) is 2. The molecule has 3 heteroatoms. The van der Waals surface area contributed by atoms with Gasteiger partial charge in [-0.15, -0.1) is 11.3 Å². The van der Waals surface area contributed by atoms with E-state index in [9.17, 15) is 0 Å². The first-order valence-electron chi connectivity index (χ1n) is 7.71. The molecule has 0 amide bonds. The van der Waals surface area contributed by atoms with Gasteiger partial charge in [-0.1, -0.05) is 33.1 Å². The van der Waals surface area contributed by atoms with Crippen LogP contribution in [0.25, 0.3) is 0 Å². The molecule has 1 aromatic heterocycles. The second-order valence-electron chi connectivity index (χ2n) is 5.81. The predicted molar refractivity (Wildman–Crippen MR) is 88.8 cm³/mol. The van der Waals surface area contributed by atoms with Gasteiger partial charge in [-0.3, -0.25) is 0 Å². The highest BCUT2D eigenvalue weighted by atomic mass is 79.9. The number of hydrogen-bond donors (Lipinski definition) is 1. The van der Waals surface area contributed by atoms with Crippen LogP contribution in [-0.2, 0) is 0 Å². The van der Waals surface area contributed by atoms with E-state index >= 15 is 0 Å². The molecule has 2 rings (SSSR count). The maximum Gasteiger partial charge on any atom is 0.0701 e. The molecule has 1 N–H and O–H groups in total. The molecule has 0 spiro atoms. The summed E-state index contributed by atoms with van der Waals surface area (Å²) < 4.78 is 1.26. The van der Waals surface area contributed by atoms with Gasteiger partial charge in [0.05, 0.1) is 3.79 Å². The van der Waals surface area contributed by atoms with Crippen LogP contribution >= 0.6 is 27.3 Å². The molecule has 1 fully saturated rings. The zero-order valence-electron chi connectivity index (χ0n) is 12.1. The molecule has 1 aliphatic carbocycles. The van der Waals surface area contributed by atoms with Gasteiger partial charge in [0, 0.05) is 6.04 Å². The topological polar surface area (TPSA) is 12.0 Å². The first-order valence-corrected chi connectivity index (χ1v) is 9.39. The Hall–Kier alpha value is 0.140. The highest BCUT2D eigenvalue weighted by molar-refractivity contribution is 9.11. The molecule has 108 valence electrons. The van der Waals surface area contributed by atoms with Crippen molar-refractivity contribution in [3.8, 4) is 0 Å². The fourth-order valence-corrected chi connectivity index (χ4v) is 4.48. The molecule has 0 aromatic carbocycles. The third kappa shape index (κ3) is 4.30. The molecule has 1 saturated carbocycles. The van der Waals surface area contributed by atoms with Gasteiger partial charge in [0.1, 0.15) is 0 Å². The van der Waals surface area contributed by atoms with Gasteiger partial charge in [0.2, 0.25) is 0 Å². The smallest absolute Gasteiger partial charge is 0.0701 e. The normalized spacial score (nSPS) is 25.4. The maximum atomic E-state index is 3.79. The Labute approximate surface area is 130 Å². The summed E-state index contributed by atoms with van der Waals surface area (Å²) in [5, 5.41) is 6.11. The molecular weight excluding hydrogens is 318 g/mol. The largest absolute Gasteiger partial charge is 0.310 e. The predicted octanol–water partition coefficient (Wildman–Crippen LogP) is 5.77. The van der Waals surface area contributed by atoms with Crippen LogP contribution in [0, 0.1) is 11.8 Å². The SMILES string of the molecule is CCCNC(c1csc(Br)c1)C1CCC(CC)CC1. The molecule has 1 aliphatic rings. The van der Waals surface area contributed by atoms with Gasteiger partial charge in [0.15, 0.2) is 0 Å². The summed E-state index contributed by atoms with van der Waals surface area (Å²) in [4.78, 5) is 0. The van der Waals surface area contributed by atoms with E-state index in [1.807, 2.05) is 11.3 Å². The Morgan fingerprint density at radius 3 is 2.58 bits per heavy atom. The lowest BCUT2D eigenvalue weighted by molar-refractivity contribution is 0.219. The second-order valence-corrected chi connectivity index (χ2v) is 8.10. The van der Waals surface area contributed by atoms with Crippen LogP contribution in [0.5, 0.6) is 0 Å². The van der Waals surface area contributed by atoms with Crippen LogP contribution in [-0.4, -0.2) is 6.54 Å². The first kappa shape index (κ1) is 15.5. The maximum absolute atomic E-state index is 3.79. The Bertz CT molecular complexity index is 369. The molecule has 1 nitrogen and oxygen atoms in total. The van der Waals surface area contributed by atoms with E-state index < -0.39 is 0 Å². The fraction of sp³-hybridized carbons (Fsp3) is 0.750. The zero-order valence-corrected chi connectivity index (χ0v) is 14.5. The van der Waals surface area contributed by atoms with Crippen molar-refractivity contribution in [3.05, 3.63) is 20.8 Å². The molecular formula is C16H26BrNS. The van der Waals surface area contributed by atoms with Gasteiger partial charge in [0.25, 0.3) is 0 Å². The van der Waals surface area contributed by atoms with Gasteiger partial charge in [-0.2, -0.15) is 0 Å². The third-order valence-electron chi connectivity index (χ3n) is 4.50. The van der Waals surface area contributed by atoms with E-state index in [-0.39, 0.29) is 0 Å². The Morgan fingerprint density at radius 2 is 2.05 bits per heavy atom. The molecule has 0 radical (unpaired) electrons. The minimum absolute atomic E-state index is 0.570. The number of thiophene rings is 1. The molecule has 0 bridgehead atoms. The van der Waals surface area contributed by atoms with E-state index in [4.69, 9.17) is 0 Å². The van der Waals surface area contributed by atoms with E-state index in [1.165, 1.54) is 47.9 Å². The highest BCUT2D eigenvalue weighted by Crippen LogP contribution is 2.39. The Kier molecular flexibility index (Phi) is 6.37. The lowest BCUT2D eigenvalue weighted by Gasteiger charge is -2.34. The minimum atomic E-state index is 0.570. The van der Waals surface area contributed by atoms with E-state index in [1.54, 1.807) is 0 Å². The quantitative estimate of drug-likeness (QED) is 0.691. The van der Waals surface area contributed by atoms with Crippen molar-refractivity contribution in [1.29, 1.82) is 0 Å². The summed E-state index contributed by atoms with van der Waals surface area (Å²) in [6.45, 7) is 5.72. The summed E-state index contributed by atoms with van der Waals surface area (Å²) in [7, 11) is 0. The van der Waals surface area contributed by atoms with Crippen LogP contribution in [0.2, 0.25) is 0 Å². The summed E-state index contributed by atoms with van der Waals surface area (Å²) in [6, 6.07) is 2.88. The van der Waals surface area contributed by atoms with Crippen molar-refractivity contribution >= 4 is 27.3 Å². The monoisotopic (exact) mass is 343 g/mol. The average Bonchev–Trinajstić information content (AvgIpc) is 2.86. The van der Waals surface area contributed by atoms with Crippen molar-refractivity contribution < 1.29 is 0 Å². The summed E-state index contributed by atoms with van der Waals surface area (Å²) in [5.74, 6) is 1.81. The number of rotatable bonds is 6. The zero-order chi connectivity index (χ0) is 13.7. The minimum Gasteiger partial charge on any atom is -0.310 e. The van der Waals surface area contributed by atoms with Crippen LogP contribution in [0.3, 0.4) is 0 Å². The van der Waals surface area contributed by atoms with Crippen molar-refractivity contribution in [1.82, 2.24) is 5.32 Å². The molecule has 1 atom stereocenters. The van der Waals surface area contributed by atoms with Gasteiger partial charge >= 0.3 is 0 Å².